The van der Waals surface area contributed by atoms with Crippen molar-refractivity contribution in [3.8, 4) is 0 Å². The van der Waals surface area contributed by atoms with E-state index in [9.17, 15) is 0 Å². The summed E-state index contributed by atoms with van der Waals surface area (Å²) in [6.07, 6.45) is 0. The molecular weight excluding hydrogens is 328 g/mol. The van der Waals surface area contributed by atoms with Gasteiger partial charge in [0.15, 0.2) is 0 Å². The Morgan fingerprint density at radius 2 is 0.962 bits per heavy atom. The molecule has 0 saturated carbocycles. The zero-order valence-electron chi connectivity index (χ0n) is 17.6. The molecule has 1 unspecified atom stereocenters. The van der Waals surface area contributed by atoms with Crippen LogP contribution in [0.25, 0.3) is 0 Å². The largest absolute Gasteiger partial charge is 0.129 e. The van der Waals surface area contributed by atoms with E-state index in [1.165, 1.54) is 27.8 Å². The maximum absolute atomic E-state index is 2.44. The van der Waals surface area contributed by atoms with Gasteiger partial charge in [0.25, 0.3) is 0 Å². The van der Waals surface area contributed by atoms with E-state index >= 15 is 0 Å². The quantitative estimate of drug-likeness (QED) is 0.668. The van der Waals surface area contributed by atoms with Gasteiger partial charge in [-0.2, -0.15) is 0 Å². The van der Waals surface area contributed by atoms with Gasteiger partial charge in [0.1, 0.15) is 8.80 Å². The second-order valence-electron chi connectivity index (χ2n) is 8.39. The second-order valence-corrected chi connectivity index (χ2v) is 11.2. The summed E-state index contributed by atoms with van der Waals surface area (Å²) in [5.41, 5.74) is 10.1. The predicted molar refractivity (Wildman–Crippen MR) is 118 cm³/mol. The Balaban J connectivity index is 2.27. The Labute approximate surface area is 161 Å². The summed E-state index contributed by atoms with van der Waals surface area (Å²) in [5, 5.41) is 4.85. The van der Waals surface area contributed by atoms with E-state index in [1.54, 1.807) is 26.7 Å². The van der Waals surface area contributed by atoms with Crippen molar-refractivity contribution >= 4 is 19.2 Å². The molecule has 0 saturated heterocycles. The van der Waals surface area contributed by atoms with Crippen LogP contribution in [-0.4, -0.2) is 8.80 Å². The molecule has 0 nitrogen and oxygen atoms in total. The second kappa shape index (κ2) is 7.04. The molecule has 2 aromatic carbocycles. The van der Waals surface area contributed by atoms with Gasteiger partial charge in [0, 0.05) is 0 Å². The van der Waals surface area contributed by atoms with Crippen molar-refractivity contribution in [2.45, 2.75) is 55.4 Å². The van der Waals surface area contributed by atoms with E-state index in [-0.39, 0.29) is 0 Å². The number of aryl methyl sites for hydroxylation is 4. The molecule has 0 bridgehead atoms. The average Bonchev–Trinajstić information content (AvgIpc) is 2.71. The van der Waals surface area contributed by atoms with Crippen LogP contribution >= 0.6 is 0 Å². The lowest BCUT2D eigenvalue weighted by Gasteiger charge is -2.25. The number of rotatable bonds is 3. The number of benzene rings is 2. The highest BCUT2D eigenvalue weighted by Crippen LogP contribution is 2.37. The molecule has 26 heavy (non-hydrogen) atoms. The minimum absolute atomic E-state index is 0.563. The third kappa shape index (κ3) is 3.37. The van der Waals surface area contributed by atoms with E-state index in [2.05, 4.69) is 91.8 Å². The smallest absolute Gasteiger partial charge is 0.0644 e. The van der Waals surface area contributed by atoms with E-state index in [1.807, 2.05) is 0 Å². The Bertz CT molecular complexity index is 835. The maximum Gasteiger partial charge on any atom is 0.129 e. The lowest BCUT2D eigenvalue weighted by atomic mass is 10.1. The van der Waals surface area contributed by atoms with Crippen molar-refractivity contribution in [1.82, 2.24) is 0 Å². The fraction of sp³-hybridized carbons (Fsp3) is 0.360. The average molecular weight is 361 g/mol. The van der Waals surface area contributed by atoms with E-state index in [0.717, 1.165) is 0 Å². The van der Waals surface area contributed by atoms with Crippen LogP contribution in [-0.2, 0) is 0 Å². The molecule has 1 atom stereocenters. The lowest BCUT2D eigenvalue weighted by molar-refractivity contribution is 0.854. The third-order valence-electron chi connectivity index (χ3n) is 6.17. The minimum atomic E-state index is -1.47. The van der Waals surface area contributed by atoms with E-state index in [4.69, 9.17) is 0 Å². The SMILES string of the molecule is CC1=C(C)C(C)C([SiH](c2cc(C)cc(C)c2)c2cc(C)cc(C)c2)=C1C. The molecule has 0 amide bonds. The summed E-state index contributed by atoms with van der Waals surface area (Å²) >= 11 is 0. The van der Waals surface area contributed by atoms with Crippen LogP contribution in [0.2, 0.25) is 0 Å². The third-order valence-corrected chi connectivity index (χ3v) is 9.72. The molecule has 0 aliphatic heterocycles. The normalized spacial score (nSPS) is 17.7. The van der Waals surface area contributed by atoms with Crippen molar-refractivity contribution in [2.24, 2.45) is 5.92 Å². The van der Waals surface area contributed by atoms with Gasteiger partial charge in [-0.25, -0.2) is 0 Å². The molecule has 0 N–H and O–H groups in total. The Morgan fingerprint density at radius 1 is 0.577 bits per heavy atom. The molecule has 1 heteroatoms. The van der Waals surface area contributed by atoms with Crippen LogP contribution in [0.3, 0.4) is 0 Å². The first-order valence-electron chi connectivity index (χ1n) is 9.73. The van der Waals surface area contributed by atoms with Crippen LogP contribution in [0.4, 0.5) is 0 Å². The summed E-state index contributed by atoms with van der Waals surface area (Å²) in [6, 6.07) is 14.4. The van der Waals surface area contributed by atoms with Crippen LogP contribution in [0.5, 0.6) is 0 Å². The van der Waals surface area contributed by atoms with Crippen LogP contribution in [0.1, 0.15) is 49.9 Å². The summed E-state index contributed by atoms with van der Waals surface area (Å²) in [7, 11) is -1.47. The van der Waals surface area contributed by atoms with Gasteiger partial charge < -0.3 is 0 Å². The van der Waals surface area contributed by atoms with Crippen LogP contribution in [0, 0.1) is 33.6 Å². The summed E-state index contributed by atoms with van der Waals surface area (Å²) in [4.78, 5) is 0. The van der Waals surface area contributed by atoms with Gasteiger partial charge in [-0.1, -0.05) is 92.3 Å². The Morgan fingerprint density at radius 3 is 1.27 bits per heavy atom. The molecule has 0 heterocycles. The van der Waals surface area contributed by atoms with Crippen molar-refractivity contribution in [3.05, 3.63) is 80.6 Å². The molecule has 3 rings (SSSR count). The molecule has 0 fully saturated rings. The highest BCUT2D eigenvalue weighted by atomic mass is 28.3. The van der Waals surface area contributed by atoms with Crippen molar-refractivity contribution in [3.63, 3.8) is 0 Å². The van der Waals surface area contributed by atoms with Crippen LogP contribution < -0.4 is 10.4 Å². The lowest BCUT2D eigenvalue weighted by Crippen LogP contribution is -2.46. The fourth-order valence-electron chi connectivity index (χ4n) is 4.77. The first-order valence-corrected chi connectivity index (χ1v) is 11.5. The molecule has 136 valence electrons. The Kier molecular flexibility index (Phi) is 5.12. The highest BCUT2D eigenvalue weighted by molar-refractivity contribution is 6.91. The first kappa shape index (κ1) is 18.9. The standard InChI is InChI=1S/C25H32Si/c1-15-9-16(2)12-23(11-15)26(24-13-17(3)10-18(4)14-24)25-21(7)19(5)20(6)22(25)8/h9-14,21,26H,1-8H3. The van der Waals surface area contributed by atoms with Gasteiger partial charge in [-0.15, -0.1) is 0 Å². The van der Waals surface area contributed by atoms with Crippen molar-refractivity contribution in [2.75, 3.05) is 0 Å². The van der Waals surface area contributed by atoms with Crippen molar-refractivity contribution in [1.29, 1.82) is 0 Å². The first-order chi connectivity index (χ1) is 12.2. The van der Waals surface area contributed by atoms with Crippen molar-refractivity contribution < 1.29 is 0 Å². The number of allylic oxidation sites excluding steroid dienone is 4. The molecular formula is C25H32Si. The zero-order chi connectivity index (χ0) is 19.2. The fourth-order valence-corrected chi connectivity index (χ4v) is 8.99. The Hall–Kier alpha value is -1.86. The molecule has 0 radical (unpaired) electrons. The predicted octanol–water partition coefficient (Wildman–Crippen LogP) is 5.10. The minimum Gasteiger partial charge on any atom is -0.0644 e. The number of hydrogen-bond acceptors (Lipinski definition) is 0. The monoisotopic (exact) mass is 360 g/mol. The number of hydrogen-bond donors (Lipinski definition) is 0. The molecule has 0 spiro atoms. The summed E-state index contributed by atoms with van der Waals surface area (Å²) in [6.45, 7) is 18.3. The van der Waals surface area contributed by atoms with Gasteiger partial charge in [0.2, 0.25) is 0 Å². The molecule has 1 aliphatic rings. The zero-order valence-corrected chi connectivity index (χ0v) is 18.8. The van der Waals surface area contributed by atoms with Gasteiger partial charge in [-0.05, 0) is 60.0 Å². The molecule has 0 aromatic heterocycles. The molecule has 2 aromatic rings. The van der Waals surface area contributed by atoms with E-state index in [0.29, 0.717) is 5.92 Å². The van der Waals surface area contributed by atoms with Gasteiger partial charge in [0.05, 0.1) is 0 Å². The molecule has 1 aliphatic carbocycles. The highest BCUT2D eigenvalue weighted by Gasteiger charge is 2.32. The van der Waals surface area contributed by atoms with Gasteiger partial charge >= 0.3 is 0 Å². The van der Waals surface area contributed by atoms with E-state index < -0.39 is 8.80 Å². The summed E-state index contributed by atoms with van der Waals surface area (Å²) < 4.78 is 0. The maximum atomic E-state index is 2.44. The van der Waals surface area contributed by atoms with Crippen LogP contribution in [0.15, 0.2) is 58.3 Å². The summed E-state index contributed by atoms with van der Waals surface area (Å²) in [5.74, 6) is 0.563. The van der Waals surface area contributed by atoms with Gasteiger partial charge in [-0.3, -0.25) is 0 Å². The topological polar surface area (TPSA) is 0 Å².